The molecule has 0 N–H and O–H groups in total. The summed E-state index contributed by atoms with van der Waals surface area (Å²) in [6.07, 6.45) is 2.95. The topological polar surface area (TPSA) is 23.0 Å². The zero-order valence-electron chi connectivity index (χ0n) is 45.8. The molecular formula is C81H50N2O. The Bertz CT molecular complexity index is 5390. The second-order valence-corrected chi connectivity index (χ2v) is 23.5. The number of benzene rings is 13. The molecule has 3 aliphatic carbocycles. The highest BCUT2D eigenvalue weighted by molar-refractivity contribution is 6.14. The van der Waals surface area contributed by atoms with Gasteiger partial charge in [0.05, 0.1) is 22.1 Å². The average molecular weight is 1070 g/mol. The molecule has 390 valence electrons. The molecule has 0 aliphatic heterocycles. The fourth-order valence-electron chi connectivity index (χ4n) is 14.9. The van der Waals surface area contributed by atoms with Gasteiger partial charge in [-0.25, -0.2) is 0 Å². The molecule has 0 saturated heterocycles. The molecule has 0 saturated carbocycles. The summed E-state index contributed by atoms with van der Waals surface area (Å²) < 4.78 is 11.3. The van der Waals surface area contributed by atoms with Gasteiger partial charge >= 0.3 is 0 Å². The fourth-order valence-corrected chi connectivity index (χ4v) is 14.9. The third-order valence-corrected chi connectivity index (χ3v) is 19.0. The van der Waals surface area contributed by atoms with Crippen molar-refractivity contribution in [1.82, 2.24) is 9.13 Å². The maximum Gasteiger partial charge on any atom is 0.135 e. The van der Waals surface area contributed by atoms with Crippen LogP contribution in [-0.2, 0) is 19.3 Å². The van der Waals surface area contributed by atoms with E-state index in [1.54, 1.807) is 0 Å². The highest BCUT2D eigenvalue weighted by Gasteiger charge is 2.24. The summed E-state index contributed by atoms with van der Waals surface area (Å²) in [5.41, 5.74) is 34.8. The van der Waals surface area contributed by atoms with Crippen molar-refractivity contribution in [3.63, 3.8) is 0 Å². The van der Waals surface area contributed by atoms with Gasteiger partial charge in [-0.3, -0.25) is 0 Å². The van der Waals surface area contributed by atoms with E-state index in [0.29, 0.717) is 0 Å². The molecule has 0 unspecified atom stereocenters. The molecule has 19 rings (SSSR count). The summed E-state index contributed by atoms with van der Waals surface area (Å²) in [7, 11) is 0. The van der Waals surface area contributed by atoms with Crippen molar-refractivity contribution in [3.05, 3.63) is 300 Å². The summed E-state index contributed by atoms with van der Waals surface area (Å²) in [5, 5.41) is 7.15. The minimum Gasteiger partial charge on any atom is -0.456 e. The molecule has 84 heavy (non-hydrogen) atoms. The lowest BCUT2D eigenvalue weighted by Gasteiger charge is -2.14. The van der Waals surface area contributed by atoms with Gasteiger partial charge in [0.2, 0.25) is 0 Å². The molecule has 16 aromatic rings. The number of hydrogen-bond donors (Lipinski definition) is 0. The van der Waals surface area contributed by atoms with Gasteiger partial charge in [-0.05, 0) is 234 Å². The Hall–Kier alpha value is -10.7. The number of furan rings is 1. The van der Waals surface area contributed by atoms with Crippen LogP contribution >= 0.6 is 0 Å². The van der Waals surface area contributed by atoms with Crippen LogP contribution in [0.3, 0.4) is 0 Å². The quantitative estimate of drug-likeness (QED) is 0.163. The Morgan fingerprint density at radius 1 is 0.214 bits per heavy atom. The molecule has 3 nitrogen and oxygen atoms in total. The first-order valence-electron chi connectivity index (χ1n) is 29.4. The average Bonchev–Trinajstić information content (AvgIpc) is 3.74. The Labute approximate surface area is 485 Å². The van der Waals surface area contributed by atoms with E-state index < -0.39 is 0 Å². The number of rotatable bonds is 6. The smallest absolute Gasteiger partial charge is 0.135 e. The molecule has 3 aliphatic rings. The lowest BCUT2D eigenvalue weighted by molar-refractivity contribution is 0.669. The SMILES string of the molecule is c1cc(-n2c3ccc(-c4ccc5c(c4)-c4ccccc4C5)cc3c3cc(-c4ccc5c(c4)-c4ccccc4C5)ccc32)cc(-n2c3ccc(-c4ccc5c(c4)-c4ccccc4C5)cc3c3cc(-c4ccc5oc6ccccc6c5c4)ccc32)c1. The van der Waals surface area contributed by atoms with Gasteiger partial charge in [-0.15, -0.1) is 0 Å². The summed E-state index contributed by atoms with van der Waals surface area (Å²) in [4.78, 5) is 0. The van der Waals surface area contributed by atoms with Gasteiger partial charge in [-0.1, -0.05) is 164 Å². The molecular weight excluding hydrogens is 1020 g/mol. The largest absolute Gasteiger partial charge is 0.456 e. The second kappa shape index (κ2) is 17.4. The van der Waals surface area contributed by atoms with Gasteiger partial charge < -0.3 is 13.6 Å². The van der Waals surface area contributed by atoms with Crippen LogP contribution in [0.15, 0.2) is 271 Å². The van der Waals surface area contributed by atoms with Crippen LogP contribution in [0.2, 0.25) is 0 Å². The van der Waals surface area contributed by atoms with E-state index in [2.05, 4.69) is 270 Å². The summed E-state index contributed by atoms with van der Waals surface area (Å²) in [6.45, 7) is 0. The number of para-hydroxylation sites is 1. The highest BCUT2D eigenvalue weighted by atomic mass is 16.3. The first-order chi connectivity index (χ1) is 41.6. The lowest BCUT2D eigenvalue weighted by Crippen LogP contribution is -1.98. The Morgan fingerprint density at radius 2 is 0.536 bits per heavy atom. The van der Waals surface area contributed by atoms with Crippen molar-refractivity contribution >= 4 is 65.6 Å². The predicted molar refractivity (Wildman–Crippen MR) is 349 cm³/mol. The standard InChI is InChI=1S/C81H50N2O/c1-4-15-64-56(10-1)36-59-23-20-48(39-68(59)64)51-26-31-76-71(42-51)72-43-52(49-21-24-60-37-57-11-2-5-16-65(57)69(60)40-49)27-32-77(72)82(76)62-13-9-14-63(47-62)83-78-33-28-53(50-22-25-61-38-58-12-3-6-17-66(58)70(61)41-50)44-73(78)74-45-54(29-34-79(74)83)55-30-35-81-75(46-55)67-18-7-8-19-80(67)84-81/h1-35,39-47H,36-38H2. The molecule has 3 heteroatoms. The van der Waals surface area contributed by atoms with Crippen LogP contribution in [0.4, 0.5) is 0 Å². The number of nitrogens with zero attached hydrogens (tertiary/aromatic N) is 2. The Kier molecular flexibility index (Phi) is 9.51. The Morgan fingerprint density at radius 3 is 0.964 bits per heavy atom. The van der Waals surface area contributed by atoms with Gasteiger partial charge in [0.1, 0.15) is 11.2 Å². The molecule has 0 fully saturated rings. The minimum absolute atomic E-state index is 0.902. The van der Waals surface area contributed by atoms with Gasteiger partial charge in [0.25, 0.3) is 0 Å². The third-order valence-electron chi connectivity index (χ3n) is 19.0. The van der Waals surface area contributed by atoms with Crippen LogP contribution in [0.5, 0.6) is 0 Å². The zero-order valence-corrected chi connectivity index (χ0v) is 45.8. The molecule has 0 bridgehead atoms. The number of hydrogen-bond acceptors (Lipinski definition) is 1. The molecule has 0 spiro atoms. The molecule has 0 amide bonds. The van der Waals surface area contributed by atoms with Gasteiger partial charge in [0.15, 0.2) is 0 Å². The summed E-state index contributed by atoms with van der Waals surface area (Å²) >= 11 is 0. The van der Waals surface area contributed by atoms with Crippen molar-refractivity contribution in [2.45, 2.75) is 19.3 Å². The molecule has 13 aromatic carbocycles. The van der Waals surface area contributed by atoms with Crippen LogP contribution in [0.25, 0.3) is 155 Å². The van der Waals surface area contributed by atoms with Crippen LogP contribution in [0, 0.1) is 0 Å². The van der Waals surface area contributed by atoms with Crippen LogP contribution in [0.1, 0.15) is 33.4 Å². The Balaban J connectivity index is 0.789. The first-order valence-corrected chi connectivity index (χ1v) is 29.4. The van der Waals surface area contributed by atoms with E-state index in [1.165, 1.54) is 138 Å². The number of aromatic nitrogens is 2. The van der Waals surface area contributed by atoms with Crippen molar-refractivity contribution in [2.75, 3.05) is 0 Å². The monoisotopic (exact) mass is 1070 g/mol. The lowest BCUT2D eigenvalue weighted by atomic mass is 9.96. The molecule has 3 heterocycles. The van der Waals surface area contributed by atoms with Crippen molar-refractivity contribution in [1.29, 1.82) is 0 Å². The van der Waals surface area contributed by atoms with E-state index in [4.69, 9.17) is 4.42 Å². The first kappa shape index (κ1) is 45.9. The van der Waals surface area contributed by atoms with E-state index in [1.807, 2.05) is 6.07 Å². The van der Waals surface area contributed by atoms with Crippen molar-refractivity contribution in [2.24, 2.45) is 0 Å². The molecule has 0 atom stereocenters. The normalized spacial score (nSPS) is 12.9. The second-order valence-electron chi connectivity index (χ2n) is 23.5. The third kappa shape index (κ3) is 6.81. The molecule has 3 aromatic heterocycles. The maximum atomic E-state index is 6.30. The van der Waals surface area contributed by atoms with Crippen molar-refractivity contribution in [3.8, 4) is 89.3 Å². The summed E-state index contributed by atoms with van der Waals surface area (Å²) in [6, 6.07) is 100. The van der Waals surface area contributed by atoms with Crippen molar-refractivity contribution < 1.29 is 4.42 Å². The maximum absolute atomic E-state index is 6.30. The highest BCUT2D eigenvalue weighted by Crippen LogP contribution is 2.46. The van der Waals surface area contributed by atoms with E-state index >= 15 is 0 Å². The van der Waals surface area contributed by atoms with Gasteiger partial charge in [-0.2, -0.15) is 0 Å². The van der Waals surface area contributed by atoms with E-state index in [-0.39, 0.29) is 0 Å². The predicted octanol–water partition coefficient (Wildman–Crippen LogP) is 21.2. The minimum atomic E-state index is 0.902. The van der Waals surface area contributed by atoms with Gasteiger partial charge in [0, 0.05) is 43.7 Å². The van der Waals surface area contributed by atoms with E-state index in [9.17, 15) is 0 Å². The van der Waals surface area contributed by atoms with Crippen LogP contribution in [-0.4, -0.2) is 9.13 Å². The number of fused-ring (bicyclic) bond motifs is 18. The zero-order chi connectivity index (χ0) is 54.7. The summed E-state index contributed by atoms with van der Waals surface area (Å²) in [5.74, 6) is 0. The van der Waals surface area contributed by atoms with E-state index in [0.717, 1.165) is 69.2 Å². The molecule has 0 radical (unpaired) electrons. The fraction of sp³-hybridized carbons (Fsp3) is 0.0370. The van der Waals surface area contributed by atoms with Crippen LogP contribution < -0.4 is 0 Å².